The highest BCUT2D eigenvalue weighted by atomic mass is 16.5. The smallest absolute Gasteiger partial charge is 0.161 e. The van der Waals surface area contributed by atoms with Crippen molar-refractivity contribution in [2.75, 3.05) is 12.4 Å². The predicted molar refractivity (Wildman–Crippen MR) is 107 cm³/mol. The van der Waals surface area contributed by atoms with E-state index in [1.54, 1.807) is 7.11 Å². The second-order valence-electron chi connectivity index (χ2n) is 6.42. The molecule has 0 saturated heterocycles. The summed E-state index contributed by atoms with van der Waals surface area (Å²) in [5, 5.41) is 3.43. The van der Waals surface area contributed by atoms with E-state index >= 15 is 0 Å². The maximum absolute atomic E-state index is 5.98. The largest absolute Gasteiger partial charge is 0.493 e. The molecule has 0 radical (unpaired) electrons. The van der Waals surface area contributed by atoms with E-state index < -0.39 is 0 Å². The lowest BCUT2D eigenvalue weighted by Gasteiger charge is -2.14. The van der Waals surface area contributed by atoms with Gasteiger partial charge >= 0.3 is 0 Å². The van der Waals surface area contributed by atoms with Gasteiger partial charge in [-0.1, -0.05) is 48.0 Å². The van der Waals surface area contributed by atoms with Crippen LogP contribution in [0.1, 0.15) is 22.3 Å². The summed E-state index contributed by atoms with van der Waals surface area (Å²) in [5.41, 5.74) is 5.91. The molecule has 0 unspecified atom stereocenters. The van der Waals surface area contributed by atoms with Gasteiger partial charge in [-0.15, -0.1) is 0 Å². The molecule has 26 heavy (non-hydrogen) atoms. The van der Waals surface area contributed by atoms with Crippen LogP contribution in [0.5, 0.6) is 11.5 Å². The summed E-state index contributed by atoms with van der Waals surface area (Å²) in [5.74, 6) is 1.51. The molecule has 0 aliphatic carbocycles. The lowest BCUT2D eigenvalue weighted by molar-refractivity contribution is 0.283. The Morgan fingerprint density at radius 1 is 0.846 bits per heavy atom. The molecule has 0 aliphatic rings. The maximum Gasteiger partial charge on any atom is 0.161 e. The van der Waals surface area contributed by atoms with Crippen molar-refractivity contribution >= 4 is 5.69 Å². The monoisotopic (exact) mass is 347 g/mol. The Labute approximate surface area is 155 Å². The number of methoxy groups -OCH3 is 1. The van der Waals surface area contributed by atoms with Gasteiger partial charge in [-0.3, -0.25) is 0 Å². The summed E-state index contributed by atoms with van der Waals surface area (Å²) in [6.45, 7) is 5.45. The number of aryl methyl sites for hydroxylation is 2. The fourth-order valence-corrected chi connectivity index (χ4v) is 2.74. The second kappa shape index (κ2) is 8.43. The molecule has 1 N–H and O–H groups in total. The first kappa shape index (κ1) is 17.9. The van der Waals surface area contributed by atoms with Gasteiger partial charge in [-0.25, -0.2) is 0 Å². The highest BCUT2D eigenvalue weighted by Crippen LogP contribution is 2.29. The third kappa shape index (κ3) is 4.57. The fourth-order valence-electron chi connectivity index (χ4n) is 2.74. The van der Waals surface area contributed by atoms with Crippen LogP contribution < -0.4 is 14.8 Å². The first-order valence-electron chi connectivity index (χ1n) is 8.80. The molecule has 0 aromatic heterocycles. The van der Waals surface area contributed by atoms with Gasteiger partial charge in [0.15, 0.2) is 11.5 Å². The van der Waals surface area contributed by atoms with Crippen molar-refractivity contribution in [2.24, 2.45) is 0 Å². The zero-order chi connectivity index (χ0) is 18.4. The van der Waals surface area contributed by atoms with Crippen molar-refractivity contribution in [3.8, 4) is 11.5 Å². The number of anilines is 1. The summed E-state index contributed by atoms with van der Waals surface area (Å²) in [6.07, 6.45) is 0. The van der Waals surface area contributed by atoms with Crippen molar-refractivity contribution in [3.63, 3.8) is 0 Å². The average Bonchev–Trinajstić information content (AvgIpc) is 2.67. The molecular weight excluding hydrogens is 322 g/mol. The molecule has 3 nitrogen and oxygen atoms in total. The SMILES string of the molecule is COc1cc(CNc2ccc(C)cc2)ccc1OCc1ccccc1C. The molecule has 134 valence electrons. The van der Waals surface area contributed by atoms with E-state index in [4.69, 9.17) is 9.47 Å². The molecule has 0 spiro atoms. The van der Waals surface area contributed by atoms with Gasteiger partial charge in [0.25, 0.3) is 0 Å². The van der Waals surface area contributed by atoms with E-state index in [0.717, 1.165) is 29.3 Å². The van der Waals surface area contributed by atoms with E-state index in [2.05, 4.69) is 61.6 Å². The molecule has 3 rings (SSSR count). The number of hydrogen-bond acceptors (Lipinski definition) is 3. The topological polar surface area (TPSA) is 30.5 Å². The van der Waals surface area contributed by atoms with Crippen LogP contribution >= 0.6 is 0 Å². The first-order chi connectivity index (χ1) is 12.7. The van der Waals surface area contributed by atoms with Gasteiger partial charge in [0.1, 0.15) is 6.61 Å². The molecule has 0 saturated carbocycles. The van der Waals surface area contributed by atoms with Gasteiger partial charge < -0.3 is 14.8 Å². The molecule has 0 fully saturated rings. The summed E-state index contributed by atoms with van der Waals surface area (Å²) >= 11 is 0. The van der Waals surface area contributed by atoms with Gasteiger partial charge in [0.05, 0.1) is 7.11 Å². The number of nitrogens with one attached hydrogen (secondary N) is 1. The van der Waals surface area contributed by atoms with Crippen LogP contribution in [0.2, 0.25) is 0 Å². The Hall–Kier alpha value is -2.94. The van der Waals surface area contributed by atoms with Crippen LogP contribution in [0, 0.1) is 13.8 Å². The minimum Gasteiger partial charge on any atom is -0.493 e. The van der Waals surface area contributed by atoms with Gasteiger partial charge in [-0.05, 0) is 54.8 Å². The molecule has 3 heteroatoms. The van der Waals surface area contributed by atoms with E-state index in [1.807, 2.05) is 24.3 Å². The standard InChI is InChI=1S/C23H25NO2/c1-17-8-11-21(12-9-17)24-15-19-10-13-22(23(14-19)25-3)26-16-20-7-5-4-6-18(20)2/h4-14,24H,15-16H2,1-3H3. The highest BCUT2D eigenvalue weighted by molar-refractivity contribution is 5.47. The molecule has 0 amide bonds. The summed E-state index contributed by atoms with van der Waals surface area (Å²) < 4.78 is 11.5. The maximum atomic E-state index is 5.98. The van der Waals surface area contributed by atoms with Crippen LogP contribution in [0.4, 0.5) is 5.69 Å². The highest BCUT2D eigenvalue weighted by Gasteiger charge is 2.07. The summed E-state index contributed by atoms with van der Waals surface area (Å²) in [6, 6.07) is 22.7. The Morgan fingerprint density at radius 3 is 2.35 bits per heavy atom. The normalized spacial score (nSPS) is 10.4. The Balaban J connectivity index is 1.65. The van der Waals surface area contributed by atoms with Crippen LogP contribution in [-0.4, -0.2) is 7.11 Å². The second-order valence-corrected chi connectivity index (χ2v) is 6.42. The zero-order valence-corrected chi connectivity index (χ0v) is 15.6. The lowest BCUT2D eigenvalue weighted by Crippen LogP contribution is -2.02. The fraction of sp³-hybridized carbons (Fsp3) is 0.217. The summed E-state index contributed by atoms with van der Waals surface area (Å²) in [7, 11) is 1.67. The Morgan fingerprint density at radius 2 is 1.62 bits per heavy atom. The van der Waals surface area contributed by atoms with Crippen LogP contribution in [0.3, 0.4) is 0 Å². The molecule has 0 heterocycles. The van der Waals surface area contributed by atoms with E-state index in [0.29, 0.717) is 6.61 Å². The average molecular weight is 347 g/mol. The lowest BCUT2D eigenvalue weighted by atomic mass is 10.1. The van der Waals surface area contributed by atoms with Gasteiger partial charge in [0, 0.05) is 12.2 Å². The Bertz CT molecular complexity index is 856. The third-order valence-electron chi connectivity index (χ3n) is 4.42. The number of ether oxygens (including phenoxy) is 2. The summed E-state index contributed by atoms with van der Waals surface area (Å²) in [4.78, 5) is 0. The quantitative estimate of drug-likeness (QED) is 0.612. The number of hydrogen-bond donors (Lipinski definition) is 1. The molecule has 0 bridgehead atoms. The predicted octanol–water partition coefficient (Wildman–Crippen LogP) is 5.50. The Kier molecular flexibility index (Phi) is 5.80. The van der Waals surface area contributed by atoms with Crippen LogP contribution in [0.25, 0.3) is 0 Å². The van der Waals surface area contributed by atoms with Crippen LogP contribution in [0.15, 0.2) is 66.7 Å². The molecule has 0 atom stereocenters. The first-order valence-corrected chi connectivity index (χ1v) is 8.80. The van der Waals surface area contributed by atoms with E-state index in [-0.39, 0.29) is 0 Å². The van der Waals surface area contributed by atoms with Crippen molar-refractivity contribution in [3.05, 3.63) is 89.0 Å². The van der Waals surface area contributed by atoms with Crippen molar-refractivity contribution in [2.45, 2.75) is 27.0 Å². The molecule has 3 aromatic rings. The third-order valence-corrected chi connectivity index (χ3v) is 4.42. The molecule has 3 aromatic carbocycles. The van der Waals surface area contributed by atoms with E-state index in [1.165, 1.54) is 16.7 Å². The van der Waals surface area contributed by atoms with Crippen molar-refractivity contribution in [1.29, 1.82) is 0 Å². The zero-order valence-electron chi connectivity index (χ0n) is 15.6. The van der Waals surface area contributed by atoms with Gasteiger partial charge in [0.2, 0.25) is 0 Å². The molecule has 0 aliphatic heterocycles. The minimum absolute atomic E-state index is 0.532. The van der Waals surface area contributed by atoms with Crippen molar-refractivity contribution in [1.82, 2.24) is 0 Å². The minimum atomic E-state index is 0.532. The number of rotatable bonds is 7. The molecular formula is C23H25NO2. The van der Waals surface area contributed by atoms with E-state index in [9.17, 15) is 0 Å². The van der Waals surface area contributed by atoms with Crippen LogP contribution in [-0.2, 0) is 13.2 Å². The number of benzene rings is 3. The van der Waals surface area contributed by atoms with Gasteiger partial charge in [-0.2, -0.15) is 0 Å². The van der Waals surface area contributed by atoms with Crippen molar-refractivity contribution < 1.29 is 9.47 Å².